The molecule has 0 bridgehead atoms. The van der Waals surface area contributed by atoms with Crippen LogP contribution in [0.25, 0.3) is 0 Å². The number of aldehydes is 1. The lowest BCUT2D eigenvalue weighted by Crippen LogP contribution is -2.31. The second-order valence-electron chi connectivity index (χ2n) is 5.95. The van der Waals surface area contributed by atoms with Gasteiger partial charge < -0.3 is 10.1 Å². The van der Waals surface area contributed by atoms with E-state index < -0.39 is 5.97 Å². The molecule has 1 amide bonds. The Kier molecular flexibility index (Phi) is 6.06. The number of carbonyl (C=O) groups excluding carboxylic acids is 3. The van der Waals surface area contributed by atoms with Gasteiger partial charge in [0.1, 0.15) is 6.29 Å². The van der Waals surface area contributed by atoms with Gasteiger partial charge in [0.25, 0.3) is 5.91 Å². The summed E-state index contributed by atoms with van der Waals surface area (Å²) < 4.78 is 5.00. The highest BCUT2D eigenvalue weighted by Crippen LogP contribution is 2.16. The second kappa shape index (κ2) is 8.24. The van der Waals surface area contributed by atoms with Gasteiger partial charge in [0.15, 0.2) is 6.61 Å². The quantitative estimate of drug-likeness (QED) is 0.648. The van der Waals surface area contributed by atoms with Crippen molar-refractivity contribution in [2.45, 2.75) is 26.8 Å². The first-order chi connectivity index (χ1) is 11.9. The zero-order chi connectivity index (χ0) is 18.4. The number of hydrogen-bond acceptors (Lipinski definition) is 4. The molecule has 5 heteroatoms. The van der Waals surface area contributed by atoms with Crippen molar-refractivity contribution in [3.8, 4) is 0 Å². The van der Waals surface area contributed by atoms with E-state index in [-0.39, 0.29) is 18.6 Å². The molecule has 1 atom stereocenters. The van der Waals surface area contributed by atoms with Gasteiger partial charge in [-0.05, 0) is 49.6 Å². The van der Waals surface area contributed by atoms with Gasteiger partial charge in [0, 0.05) is 5.56 Å². The van der Waals surface area contributed by atoms with E-state index in [9.17, 15) is 14.4 Å². The van der Waals surface area contributed by atoms with Gasteiger partial charge in [0.05, 0.1) is 11.6 Å². The minimum atomic E-state index is -0.605. The van der Waals surface area contributed by atoms with Gasteiger partial charge in [-0.3, -0.25) is 9.59 Å². The van der Waals surface area contributed by atoms with Crippen molar-refractivity contribution >= 4 is 18.2 Å². The second-order valence-corrected chi connectivity index (χ2v) is 5.95. The smallest absolute Gasteiger partial charge is 0.338 e. The monoisotopic (exact) mass is 339 g/mol. The van der Waals surface area contributed by atoms with Crippen molar-refractivity contribution in [2.24, 2.45) is 0 Å². The molecular formula is C20H21NO4. The van der Waals surface area contributed by atoms with Crippen molar-refractivity contribution in [2.75, 3.05) is 6.61 Å². The topological polar surface area (TPSA) is 72.5 Å². The molecule has 2 aromatic carbocycles. The predicted molar refractivity (Wildman–Crippen MR) is 94.6 cm³/mol. The SMILES string of the molecule is Cc1ccc([C@@H](C)NC(=O)COC(=O)c2ccc(C=O)cc2)cc1C. The van der Waals surface area contributed by atoms with E-state index in [4.69, 9.17) is 4.74 Å². The first-order valence-corrected chi connectivity index (χ1v) is 7.99. The van der Waals surface area contributed by atoms with E-state index in [1.165, 1.54) is 29.8 Å². The maximum atomic E-state index is 12.0. The summed E-state index contributed by atoms with van der Waals surface area (Å²) in [6, 6.07) is 11.8. The van der Waals surface area contributed by atoms with E-state index in [0.717, 1.165) is 11.1 Å². The predicted octanol–water partition coefficient (Wildman–Crippen LogP) is 3.15. The molecule has 0 aliphatic heterocycles. The molecule has 0 saturated heterocycles. The molecule has 130 valence electrons. The number of benzene rings is 2. The molecule has 0 saturated carbocycles. The molecule has 0 unspecified atom stereocenters. The average molecular weight is 339 g/mol. The minimum Gasteiger partial charge on any atom is -0.452 e. The van der Waals surface area contributed by atoms with Crippen molar-refractivity contribution in [3.63, 3.8) is 0 Å². The summed E-state index contributed by atoms with van der Waals surface area (Å²) in [6.07, 6.45) is 0.691. The minimum absolute atomic E-state index is 0.183. The van der Waals surface area contributed by atoms with Gasteiger partial charge in [-0.15, -0.1) is 0 Å². The fraction of sp³-hybridized carbons (Fsp3) is 0.250. The van der Waals surface area contributed by atoms with Crippen LogP contribution in [-0.2, 0) is 9.53 Å². The summed E-state index contributed by atoms with van der Waals surface area (Å²) in [5.74, 6) is -0.977. The standard InChI is InChI=1S/C20H21NO4/c1-13-4-7-18(10-14(13)2)15(3)21-19(23)12-25-20(24)17-8-5-16(11-22)6-9-17/h4-11,15H,12H2,1-3H3,(H,21,23)/t15-/m1/s1. The zero-order valence-corrected chi connectivity index (χ0v) is 14.5. The lowest BCUT2D eigenvalue weighted by atomic mass is 10.0. The Labute approximate surface area is 147 Å². The molecule has 1 N–H and O–H groups in total. The van der Waals surface area contributed by atoms with Crippen LogP contribution in [0.5, 0.6) is 0 Å². The van der Waals surface area contributed by atoms with Crippen LogP contribution in [-0.4, -0.2) is 24.8 Å². The zero-order valence-electron chi connectivity index (χ0n) is 14.5. The molecule has 0 radical (unpaired) electrons. The van der Waals surface area contributed by atoms with E-state index in [1.807, 2.05) is 39.0 Å². The summed E-state index contributed by atoms with van der Waals surface area (Å²) in [4.78, 5) is 34.5. The maximum Gasteiger partial charge on any atom is 0.338 e. The summed E-state index contributed by atoms with van der Waals surface area (Å²) in [5.41, 5.74) is 4.10. The van der Waals surface area contributed by atoms with Crippen molar-refractivity contribution in [3.05, 3.63) is 70.3 Å². The number of aryl methyl sites for hydroxylation is 2. The maximum absolute atomic E-state index is 12.0. The van der Waals surface area contributed by atoms with Gasteiger partial charge in [-0.2, -0.15) is 0 Å². The fourth-order valence-electron chi connectivity index (χ4n) is 2.31. The highest BCUT2D eigenvalue weighted by Gasteiger charge is 2.13. The number of ether oxygens (including phenoxy) is 1. The van der Waals surface area contributed by atoms with Crippen molar-refractivity contribution in [1.29, 1.82) is 0 Å². The molecule has 0 aliphatic rings. The Morgan fingerprint density at radius 3 is 2.36 bits per heavy atom. The number of rotatable bonds is 6. The molecule has 2 rings (SSSR count). The molecule has 0 aliphatic carbocycles. The van der Waals surface area contributed by atoms with E-state index in [0.29, 0.717) is 17.4 Å². The number of nitrogens with one attached hydrogen (secondary N) is 1. The third-order valence-corrected chi connectivity index (χ3v) is 4.03. The van der Waals surface area contributed by atoms with Crippen LogP contribution < -0.4 is 5.32 Å². The molecule has 0 aromatic heterocycles. The Morgan fingerprint density at radius 2 is 1.76 bits per heavy atom. The van der Waals surface area contributed by atoms with Gasteiger partial charge in [0.2, 0.25) is 0 Å². The van der Waals surface area contributed by atoms with E-state index in [2.05, 4.69) is 5.32 Å². The Morgan fingerprint density at radius 1 is 1.08 bits per heavy atom. The van der Waals surface area contributed by atoms with Crippen LogP contribution in [0.15, 0.2) is 42.5 Å². The van der Waals surface area contributed by atoms with Gasteiger partial charge >= 0.3 is 5.97 Å². The van der Waals surface area contributed by atoms with Crippen LogP contribution in [0.1, 0.15) is 50.4 Å². The van der Waals surface area contributed by atoms with Crippen LogP contribution in [0.3, 0.4) is 0 Å². The van der Waals surface area contributed by atoms with Gasteiger partial charge in [-0.1, -0.05) is 30.3 Å². The number of hydrogen-bond donors (Lipinski definition) is 1. The van der Waals surface area contributed by atoms with Crippen LogP contribution in [0.4, 0.5) is 0 Å². The van der Waals surface area contributed by atoms with E-state index in [1.54, 1.807) is 0 Å². The first-order valence-electron chi connectivity index (χ1n) is 7.99. The molecule has 5 nitrogen and oxygen atoms in total. The molecule has 2 aromatic rings. The van der Waals surface area contributed by atoms with Crippen molar-refractivity contribution < 1.29 is 19.1 Å². The summed E-state index contributed by atoms with van der Waals surface area (Å²) in [7, 11) is 0. The first kappa shape index (κ1) is 18.4. The summed E-state index contributed by atoms with van der Waals surface area (Å²) >= 11 is 0. The third kappa shape index (κ3) is 5.01. The number of esters is 1. The largest absolute Gasteiger partial charge is 0.452 e. The lowest BCUT2D eigenvalue weighted by Gasteiger charge is -2.15. The molecule has 0 spiro atoms. The van der Waals surface area contributed by atoms with Crippen LogP contribution >= 0.6 is 0 Å². The van der Waals surface area contributed by atoms with E-state index >= 15 is 0 Å². The molecule has 0 fully saturated rings. The molecular weight excluding hydrogens is 318 g/mol. The average Bonchev–Trinajstić information content (AvgIpc) is 2.62. The van der Waals surface area contributed by atoms with Gasteiger partial charge in [-0.25, -0.2) is 4.79 Å². The van der Waals surface area contributed by atoms with Crippen LogP contribution in [0.2, 0.25) is 0 Å². The normalized spacial score (nSPS) is 11.5. The third-order valence-electron chi connectivity index (χ3n) is 4.03. The molecule has 0 heterocycles. The Bertz CT molecular complexity index is 781. The number of carbonyl (C=O) groups is 3. The summed E-state index contributed by atoms with van der Waals surface area (Å²) in [5, 5.41) is 2.81. The summed E-state index contributed by atoms with van der Waals surface area (Å²) in [6.45, 7) is 5.57. The highest BCUT2D eigenvalue weighted by atomic mass is 16.5. The fourth-order valence-corrected chi connectivity index (χ4v) is 2.31. The Balaban J connectivity index is 1.87. The van der Waals surface area contributed by atoms with Crippen molar-refractivity contribution in [1.82, 2.24) is 5.32 Å². The Hall–Kier alpha value is -2.95. The highest BCUT2D eigenvalue weighted by molar-refractivity contribution is 5.92. The molecule has 25 heavy (non-hydrogen) atoms. The number of amides is 1. The van der Waals surface area contributed by atoms with Crippen LogP contribution in [0, 0.1) is 13.8 Å². The lowest BCUT2D eigenvalue weighted by molar-refractivity contribution is -0.124.